The van der Waals surface area contributed by atoms with Crippen LogP contribution in [0.25, 0.3) is 0 Å². The standard InChI is InChI=1S/C14H18OS/c1-10-3-8-14(11(2)9-10)16-13-6-4-12(15)5-7-13/h3,8-9,13H,4-7H2,1-2H3. The Balaban J connectivity index is 2.01. The highest BCUT2D eigenvalue weighted by atomic mass is 32.2. The van der Waals surface area contributed by atoms with Crippen molar-refractivity contribution in [3.63, 3.8) is 0 Å². The van der Waals surface area contributed by atoms with Gasteiger partial charge in [-0.2, -0.15) is 0 Å². The fraction of sp³-hybridized carbons (Fsp3) is 0.500. The van der Waals surface area contributed by atoms with Crippen LogP contribution in [0.4, 0.5) is 0 Å². The van der Waals surface area contributed by atoms with Crippen LogP contribution in [0.2, 0.25) is 0 Å². The molecule has 0 bridgehead atoms. The lowest BCUT2D eigenvalue weighted by atomic mass is 9.99. The highest BCUT2D eigenvalue weighted by Crippen LogP contribution is 2.34. The molecular weight excluding hydrogens is 216 g/mol. The van der Waals surface area contributed by atoms with Crippen molar-refractivity contribution in [2.24, 2.45) is 0 Å². The summed E-state index contributed by atoms with van der Waals surface area (Å²) in [7, 11) is 0. The number of aryl methyl sites for hydroxylation is 2. The van der Waals surface area contributed by atoms with Gasteiger partial charge in [0.25, 0.3) is 0 Å². The van der Waals surface area contributed by atoms with Gasteiger partial charge in [-0.15, -0.1) is 11.8 Å². The van der Waals surface area contributed by atoms with Crippen LogP contribution in [0.15, 0.2) is 23.1 Å². The quantitative estimate of drug-likeness (QED) is 0.772. The van der Waals surface area contributed by atoms with Gasteiger partial charge in [0.2, 0.25) is 0 Å². The Kier molecular flexibility index (Phi) is 3.70. The Labute approximate surface area is 102 Å². The smallest absolute Gasteiger partial charge is 0.132 e. The highest BCUT2D eigenvalue weighted by Gasteiger charge is 2.19. The van der Waals surface area contributed by atoms with Crippen molar-refractivity contribution in [3.8, 4) is 0 Å². The molecule has 0 saturated heterocycles. The maximum Gasteiger partial charge on any atom is 0.132 e. The van der Waals surface area contributed by atoms with Crippen molar-refractivity contribution < 1.29 is 4.79 Å². The molecule has 2 rings (SSSR count). The molecule has 0 atom stereocenters. The van der Waals surface area contributed by atoms with Crippen molar-refractivity contribution in [2.75, 3.05) is 0 Å². The lowest BCUT2D eigenvalue weighted by Gasteiger charge is -2.21. The van der Waals surface area contributed by atoms with Gasteiger partial charge in [0.15, 0.2) is 0 Å². The molecule has 0 aliphatic heterocycles. The van der Waals surface area contributed by atoms with Crippen LogP contribution < -0.4 is 0 Å². The van der Waals surface area contributed by atoms with E-state index in [9.17, 15) is 4.79 Å². The highest BCUT2D eigenvalue weighted by molar-refractivity contribution is 8.00. The number of ketones is 1. The van der Waals surface area contributed by atoms with E-state index in [1.165, 1.54) is 16.0 Å². The minimum absolute atomic E-state index is 0.442. The van der Waals surface area contributed by atoms with Gasteiger partial charge in [-0.3, -0.25) is 4.79 Å². The van der Waals surface area contributed by atoms with Crippen molar-refractivity contribution in [1.82, 2.24) is 0 Å². The fourth-order valence-corrected chi connectivity index (χ4v) is 3.36. The lowest BCUT2D eigenvalue weighted by molar-refractivity contribution is -0.120. The molecule has 1 aromatic carbocycles. The number of Topliss-reactive ketones (excluding diaryl/α,β-unsaturated/α-hetero) is 1. The van der Waals surface area contributed by atoms with Crippen LogP contribution in [0.3, 0.4) is 0 Å². The second kappa shape index (κ2) is 5.05. The van der Waals surface area contributed by atoms with Crippen LogP contribution in [-0.2, 0) is 4.79 Å². The van der Waals surface area contributed by atoms with E-state index in [0.717, 1.165) is 25.7 Å². The minimum Gasteiger partial charge on any atom is -0.300 e. The molecule has 0 radical (unpaired) electrons. The Morgan fingerprint density at radius 1 is 1.19 bits per heavy atom. The molecule has 1 nitrogen and oxygen atoms in total. The molecule has 1 saturated carbocycles. The summed E-state index contributed by atoms with van der Waals surface area (Å²) in [6.45, 7) is 4.30. The van der Waals surface area contributed by atoms with Gasteiger partial charge < -0.3 is 0 Å². The number of carbonyl (C=O) groups excluding carboxylic acids is 1. The first-order chi connectivity index (χ1) is 7.65. The topological polar surface area (TPSA) is 17.1 Å². The van der Waals surface area contributed by atoms with Gasteiger partial charge in [0.05, 0.1) is 0 Å². The van der Waals surface area contributed by atoms with Gasteiger partial charge in [-0.25, -0.2) is 0 Å². The predicted molar refractivity (Wildman–Crippen MR) is 69.0 cm³/mol. The normalized spacial score (nSPS) is 17.8. The van der Waals surface area contributed by atoms with E-state index in [0.29, 0.717) is 11.0 Å². The van der Waals surface area contributed by atoms with Crippen LogP contribution in [0, 0.1) is 13.8 Å². The fourth-order valence-electron chi connectivity index (χ4n) is 2.14. The first kappa shape index (κ1) is 11.7. The predicted octanol–water partition coefficient (Wildman–Crippen LogP) is 3.91. The van der Waals surface area contributed by atoms with E-state index in [1.807, 2.05) is 11.8 Å². The Morgan fingerprint density at radius 2 is 1.88 bits per heavy atom. The molecule has 0 spiro atoms. The minimum atomic E-state index is 0.442. The van der Waals surface area contributed by atoms with E-state index >= 15 is 0 Å². The van der Waals surface area contributed by atoms with Crippen molar-refractivity contribution in [2.45, 2.75) is 49.7 Å². The monoisotopic (exact) mass is 234 g/mol. The van der Waals surface area contributed by atoms with E-state index in [2.05, 4.69) is 32.0 Å². The van der Waals surface area contributed by atoms with Crippen molar-refractivity contribution in [1.29, 1.82) is 0 Å². The summed E-state index contributed by atoms with van der Waals surface area (Å²) in [6, 6.07) is 6.62. The third-order valence-corrected chi connectivity index (χ3v) is 4.63. The van der Waals surface area contributed by atoms with Gasteiger partial charge in [0, 0.05) is 23.0 Å². The average molecular weight is 234 g/mol. The molecule has 1 fully saturated rings. The number of benzene rings is 1. The molecule has 0 unspecified atom stereocenters. The van der Waals surface area contributed by atoms with E-state index in [-0.39, 0.29) is 0 Å². The summed E-state index contributed by atoms with van der Waals surface area (Å²) in [5.74, 6) is 0.442. The molecule has 1 aliphatic carbocycles. The summed E-state index contributed by atoms with van der Waals surface area (Å²) < 4.78 is 0. The maximum absolute atomic E-state index is 11.2. The van der Waals surface area contributed by atoms with Crippen LogP contribution in [0.1, 0.15) is 36.8 Å². The summed E-state index contributed by atoms with van der Waals surface area (Å²) in [4.78, 5) is 12.5. The molecule has 2 heteroatoms. The number of hydrogen-bond acceptors (Lipinski definition) is 2. The van der Waals surface area contributed by atoms with Gasteiger partial charge in [-0.1, -0.05) is 17.7 Å². The van der Waals surface area contributed by atoms with E-state index in [4.69, 9.17) is 0 Å². The third kappa shape index (κ3) is 2.88. The molecule has 1 aliphatic rings. The molecule has 0 aromatic heterocycles. The summed E-state index contributed by atoms with van der Waals surface area (Å²) >= 11 is 1.95. The maximum atomic E-state index is 11.2. The first-order valence-corrected chi connectivity index (χ1v) is 6.79. The summed E-state index contributed by atoms with van der Waals surface area (Å²) in [5, 5.41) is 0.638. The molecule has 0 amide bonds. The van der Waals surface area contributed by atoms with Gasteiger partial charge in [0.1, 0.15) is 5.78 Å². The number of rotatable bonds is 2. The number of thioether (sulfide) groups is 1. The van der Waals surface area contributed by atoms with Crippen LogP contribution >= 0.6 is 11.8 Å². The second-order valence-corrected chi connectivity index (χ2v) is 5.97. The SMILES string of the molecule is Cc1ccc(SC2CCC(=O)CC2)c(C)c1. The Bertz CT molecular complexity index is 388. The summed E-state index contributed by atoms with van der Waals surface area (Å²) in [5.41, 5.74) is 2.68. The lowest BCUT2D eigenvalue weighted by Crippen LogP contribution is -2.15. The van der Waals surface area contributed by atoms with Crippen LogP contribution in [-0.4, -0.2) is 11.0 Å². The van der Waals surface area contributed by atoms with Gasteiger partial charge in [-0.05, 0) is 38.3 Å². The molecule has 1 aromatic rings. The molecule has 0 heterocycles. The zero-order chi connectivity index (χ0) is 11.5. The molecule has 0 N–H and O–H groups in total. The van der Waals surface area contributed by atoms with Gasteiger partial charge >= 0.3 is 0 Å². The molecular formula is C14H18OS. The van der Waals surface area contributed by atoms with Crippen LogP contribution in [0.5, 0.6) is 0 Å². The zero-order valence-electron chi connectivity index (χ0n) is 9.95. The molecule has 16 heavy (non-hydrogen) atoms. The van der Waals surface area contributed by atoms with Crippen molar-refractivity contribution >= 4 is 17.5 Å². The molecule has 86 valence electrons. The van der Waals surface area contributed by atoms with E-state index in [1.54, 1.807) is 0 Å². The Hall–Kier alpha value is -0.760. The zero-order valence-corrected chi connectivity index (χ0v) is 10.8. The third-order valence-electron chi connectivity index (χ3n) is 3.11. The number of hydrogen-bond donors (Lipinski definition) is 0. The first-order valence-electron chi connectivity index (χ1n) is 5.91. The summed E-state index contributed by atoms with van der Waals surface area (Å²) in [6.07, 6.45) is 3.67. The second-order valence-electron chi connectivity index (χ2n) is 4.62. The van der Waals surface area contributed by atoms with Crippen molar-refractivity contribution in [3.05, 3.63) is 29.3 Å². The average Bonchev–Trinajstić information content (AvgIpc) is 2.25. The largest absolute Gasteiger partial charge is 0.300 e. The Morgan fingerprint density at radius 3 is 2.50 bits per heavy atom. The van der Waals surface area contributed by atoms with E-state index < -0.39 is 0 Å². The number of carbonyl (C=O) groups is 1.